The standard InChI is InChI=1S/C8H5ClFNO/c1-4-11-7-3-5(9)2-6(10)8(7)12-4/h2-3H,1H3. The molecule has 2 nitrogen and oxygen atoms in total. The summed E-state index contributed by atoms with van der Waals surface area (Å²) in [6.45, 7) is 1.66. The maximum absolute atomic E-state index is 13.0. The van der Waals surface area contributed by atoms with Gasteiger partial charge in [0, 0.05) is 11.9 Å². The smallest absolute Gasteiger partial charge is 0.192 e. The predicted octanol–water partition coefficient (Wildman–Crippen LogP) is 2.93. The Balaban J connectivity index is 2.88. The van der Waals surface area contributed by atoms with E-state index in [1.807, 2.05) is 0 Å². The van der Waals surface area contributed by atoms with Gasteiger partial charge in [-0.3, -0.25) is 0 Å². The number of fused-ring (bicyclic) bond motifs is 1. The van der Waals surface area contributed by atoms with Gasteiger partial charge in [-0.1, -0.05) is 11.6 Å². The predicted molar refractivity (Wildman–Crippen MR) is 43.7 cm³/mol. The zero-order valence-corrected chi connectivity index (χ0v) is 7.02. The molecule has 2 aromatic rings. The van der Waals surface area contributed by atoms with Crippen molar-refractivity contribution < 1.29 is 8.81 Å². The fourth-order valence-electron chi connectivity index (χ4n) is 1.07. The average Bonchev–Trinajstić information content (AvgIpc) is 2.29. The molecule has 0 fully saturated rings. The van der Waals surface area contributed by atoms with Crippen LogP contribution in [0.3, 0.4) is 0 Å². The lowest BCUT2D eigenvalue weighted by Gasteiger charge is -1.90. The second-order valence-electron chi connectivity index (χ2n) is 2.47. The van der Waals surface area contributed by atoms with Crippen molar-refractivity contribution in [1.82, 2.24) is 4.98 Å². The van der Waals surface area contributed by atoms with E-state index in [2.05, 4.69) is 4.98 Å². The van der Waals surface area contributed by atoms with Crippen LogP contribution >= 0.6 is 11.6 Å². The Morgan fingerprint density at radius 1 is 1.50 bits per heavy atom. The van der Waals surface area contributed by atoms with Gasteiger partial charge in [-0.25, -0.2) is 9.37 Å². The summed E-state index contributed by atoms with van der Waals surface area (Å²) in [7, 11) is 0. The Labute approximate surface area is 73.0 Å². The molecule has 0 unspecified atom stereocenters. The fraction of sp³-hybridized carbons (Fsp3) is 0.125. The van der Waals surface area contributed by atoms with Crippen molar-refractivity contribution in [3.8, 4) is 0 Å². The van der Waals surface area contributed by atoms with E-state index in [1.165, 1.54) is 6.07 Å². The number of oxazole rings is 1. The topological polar surface area (TPSA) is 26.0 Å². The van der Waals surface area contributed by atoms with Crippen LogP contribution in [-0.2, 0) is 0 Å². The van der Waals surface area contributed by atoms with Crippen molar-refractivity contribution in [2.75, 3.05) is 0 Å². The van der Waals surface area contributed by atoms with Gasteiger partial charge >= 0.3 is 0 Å². The van der Waals surface area contributed by atoms with Gasteiger partial charge in [0.2, 0.25) is 0 Å². The molecule has 0 amide bonds. The van der Waals surface area contributed by atoms with Crippen LogP contribution in [0.15, 0.2) is 16.5 Å². The fourth-order valence-corrected chi connectivity index (χ4v) is 1.27. The average molecular weight is 186 g/mol. The quantitative estimate of drug-likeness (QED) is 0.631. The lowest BCUT2D eigenvalue weighted by molar-refractivity contribution is 0.528. The second-order valence-corrected chi connectivity index (χ2v) is 2.91. The Morgan fingerprint density at radius 2 is 2.25 bits per heavy atom. The van der Waals surface area contributed by atoms with Crippen LogP contribution in [-0.4, -0.2) is 4.98 Å². The summed E-state index contributed by atoms with van der Waals surface area (Å²) in [5.74, 6) is -0.0377. The van der Waals surface area contributed by atoms with Crippen molar-refractivity contribution in [2.45, 2.75) is 6.92 Å². The molecule has 12 heavy (non-hydrogen) atoms. The van der Waals surface area contributed by atoms with Crippen LogP contribution in [0.1, 0.15) is 5.89 Å². The molecule has 62 valence electrons. The van der Waals surface area contributed by atoms with Crippen LogP contribution in [0.4, 0.5) is 4.39 Å². The van der Waals surface area contributed by atoms with E-state index in [-0.39, 0.29) is 5.58 Å². The number of aryl methyl sites for hydroxylation is 1. The minimum Gasteiger partial charge on any atom is -0.438 e. The lowest BCUT2D eigenvalue weighted by Crippen LogP contribution is -1.75. The lowest BCUT2D eigenvalue weighted by atomic mass is 10.3. The largest absolute Gasteiger partial charge is 0.438 e. The van der Waals surface area contributed by atoms with Crippen LogP contribution in [0.2, 0.25) is 5.02 Å². The number of aromatic nitrogens is 1. The number of hydrogen-bond acceptors (Lipinski definition) is 2. The number of nitrogens with zero attached hydrogens (tertiary/aromatic N) is 1. The van der Waals surface area contributed by atoms with E-state index in [0.29, 0.717) is 16.4 Å². The third-order valence-electron chi connectivity index (χ3n) is 1.52. The summed E-state index contributed by atoms with van der Waals surface area (Å²) >= 11 is 5.61. The molecule has 0 saturated heterocycles. The molecule has 0 spiro atoms. The maximum atomic E-state index is 13.0. The van der Waals surface area contributed by atoms with E-state index in [4.69, 9.17) is 16.0 Å². The first-order chi connectivity index (χ1) is 5.66. The summed E-state index contributed by atoms with van der Waals surface area (Å²) in [5.41, 5.74) is 0.620. The molecule has 1 aromatic carbocycles. The molecule has 0 bridgehead atoms. The van der Waals surface area contributed by atoms with Gasteiger partial charge in [0.25, 0.3) is 0 Å². The van der Waals surface area contributed by atoms with Crippen molar-refractivity contribution in [1.29, 1.82) is 0 Å². The van der Waals surface area contributed by atoms with Crippen molar-refractivity contribution in [3.63, 3.8) is 0 Å². The Hall–Kier alpha value is -1.09. The van der Waals surface area contributed by atoms with Gasteiger partial charge in [-0.05, 0) is 12.1 Å². The first-order valence-corrected chi connectivity index (χ1v) is 3.77. The number of benzene rings is 1. The highest BCUT2D eigenvalue weighted by Crippen LogP contribution is 2.22. The van der Waals surface area contributed by atoms with E-state index in [9.17, 15) is 4.39 Å². The zero-order valence-electron chi connectivity index (χ0n) is 6.27. The molecule has 4 heteroatoms. The molecular formula is C8H5ClFNO. The Kier molecular flexibility index (Phi) is 1.54. The van der Waals surface area contributed by atoms with E-state index >= 15 is 0 Å². The molecule has 0 N–H and O–H groups in total. The van der Waals surface area contributed by atoms with E-state index < -0.39 is 5.82 Å². The Morgan fingerprint density at radius 3 is 3.00 bits per heavy atom. The van der Waals surface area contributed by atoms with E-state index in [0.717, 1.165) is 0 Å². The van der Waals surface area contributed by atoms with Crippen molar-refractivity contribution in [2.24, 2.45) is 0 Å². The number of rotatable bonds is 0. The van der Waals surface area contributed by atoms with Crippen LogP contribution in [0.5, 0.6) is 0 Å². The van der Waals surface area contributed by atoms with Crippen molar-refractivity contribution in [3.05, 3.63) is 28.9 Å². The summed E-state index contributed by atoms with van der Waals surface area (Å²) in [6.07, 6.45) is 0. The van der Waals surface area contributed by atoms with Gasteiger partial charge < -0.3 is 4.42 Å². The highest BCUT2D eigenvalue weighted by atomic mass is 35.5. The highest BCUT2D eigenvalue weighted by molar-refractivity contribution is 6.31. The van der Waals surface area contributed by atoms with Crippen LogP contribution < -0.4 is 0 Å². The zero-order chi connectivity index (χ0) is 8.72. The van der Waals surface area contributed by atoms with Gasteiger partial charge in [0.05, 0.1) is 0 Å². The summed E-state index contributed by atoms with van der Waals surface area (Å²) in [5, 5.41) is 0.327. The molecule has 0 radical (unpaired) electrons. The minimum absolute atomic E-state index is 0.164. The molecule has 0 aliphatic carbocycles. The van der Waals surface area contributed by atoms with Crippen molar-refractivity contribution >= 4 is 22.7 Å². The molecule has 0 aliphatic rings. The van der Waals surface area contributed by atoms with Gasteiger partial charge in [0.1, 0.15) is 5.52 Å². The third kappa shape index (κ3) is 1.06. The molecule has 0 atom stereocenters. The summed E-state index contributed by atoms with van der Waals surface area (Å²) in [4.78, 5) is 3.94. The van der Waals surface area contributed by atoms with Gasteiger partial charge in [-0.2, -0.15) is 0 Å². The number of halogens is 2. The molecule has 0 aliphatic heterocycles. The van der Waals surface area contributed by atoms with Crippen LogP contribution in [0.25, 0.3) is 11.1 Å². The second kappa shape index (κ2) is 2.45. The van der Waals surface area contributed by atoms with Gasteiger partial charge in [-0.15, -0.1) is 0 Å². The summed E-state index contributed by atoms with van der Waals surface area (Å²) < 4.78 is 18.1. The SMILES string of the molecule is Cc1nc2cc(Cl)cc(F)c2o1. The van der Waals surface area contributed by atoms with E-state index in [1.54, 1.807) is 13.0 Å². The Bertz CT molecular complexity index is 438. The molecule has 2 rings (SSSR count). The molecule has 1 aromatic heterocycles. The molecule has 1 heterocycles. The molecular weight excluding hydrogens is 181 g/mol. The van der Waals surface area contributed by atoms with Gasteiger partial charge in [0.15, 0.2) is 17.3 Å². The normalized spacial score (nSPS) is 10.9. The highest BCUT2D eigenvalue weighted by Gasteiger charge is 2.08. The monoisotopic (exact) mass is 185 g/mol. The summed E-state index contributed by atoms with van der Waals surface area (Å²) in [6, 6.07) is 2.77. The third-order valence-corrected chi connectivity index (χ3v) is 1.73. The maximum Gasteiger partial charge on any atom is 0.192 e. The minimum atomic E-state index is -0.474. The molecule has 0 saturated carbocycles. The first kappa shape index (κ1) is 7.55. The first-order valence-electron chi connectivity index (χ1n) is 3.39. The number of hydrogen-bond donors (Lipinski definition) is 0. The van der Waals surface area contributed by atoms with Crippen LogP contribution in [0, 0.1) is 12.7 Å².